The van der Waals surface area contributed by atoms with E-state index in [1.807, 2.05) is 0 Å². The number of alkyl halides is 1. The van der Waals surface area contributed by atoms with Crippen molar-refractivity contribution in [3.63, 3.8) is 0 Å². The highest BCUT2D eigenvalue weighted by Crippen LogP contribution is 2.44. The van der Waals surface area contributed by atoms with Crippen LogP contribution in [0.3, 0.4) is 0 Å². The number of benzene rings is 1. The predicted molar refractivity (Wildman–Crippen MR) is 111 cm³/mol. The Morgan fingerprint density at radius 3 is 2.68 bits per heavy atom. The molecule has 3 rings (SSSR count). The van der Waals surface area contributed by atoms with Gasteiger partial charge in [-0.1, -0.05) is 24.3 Å². The minimum absolute atomic E-state index is 0.121. The first kappa shape index (κ1) is 25.6. The summed E-state index contributed by atoms with van der Waals surface area (Å²) >= 11 is 0. The molecule has 1 saturated heterocycles. The molecule has 0 radical (unpaired) electrons. The Morgan fingerprint density at radius 1 is 1.38 bits per heavy atom. The van der Waals surface area contributed by atoms with Crippen LogP contribution in [0.2, 0.25) is 0 Å². The van der Waals surface area contributed by atoms with Gasteiger partial charge in [-0.2, -0.15) is 0 Å². The van der Waals surface area contributed by atoms with E-state index in [9.17, 15) is 39.6 Å². The molecule has 14 heteroatoms. The Balaban J connectivity index is 2.15. The van der Waals surface area contributed by atoms with Crippen molar-refractivity contribution in [1.29, 1.82) is 0 Å². The van der Waals surface area contributed by atoms with Crippen LogP contribution in [0, 0.1) is 6.92 Å². The van der Waals surface area contributed by atoms with Gasteiger partial charge >= 0.3 is 17.6 Å². The lowest BCUT2D eigenvalue weighted by molar-refractivity contribution is -0.413. The number of rotatable bonds is 8. The zero-order valence-electron chi connectivity index (χ0n) is 18.0. The fourth-order valence-electron chi connectivity index (χ4n) is 3.68. The van der Waals surface area contributed by atoms with Crippen LogP contribution in [0.5, 0.6) is 0 Å². The Bertz CT molecular complexity index is 1120. The highest BCUT2D eigenvalue weighted by Gasteiger charge is 2.70. The van der Waals surface area contributed by atoms with Gasteiger partial charge in [-0.05, 0) is 18.1 Å². The van der Waals surface area contributed by atoms with Crippen molar-refractivity contribution in [1.82, 2.24) is 14.6 Å². The second kappa shape index (κ2) is 9.71. The summed E-state index contributed by atoms with van der Waals surface area (Å²) in [6.45, 7) is -1.37. The molecule has 34 heavy (non-hydrogen) atoms. The second-order valence-corrected chi connectivity index (χ2v) is 7.60. The van der Waals surface area contributed by atoms with Crippen LogP contribution in [0.25, 0.3) is 0 Å². The van der Waals surface area contributed by atoms with Crippen molar-refractivity contribution >= 4 is 11.8 Å². The van der Waals surface area contributed by atoms with E-state index in [0.717, 1.165) is 0 Å². The molecule has 0 spiro atoms. The Labute approximate surface area is 192 Å². The zero-order valence-corrected chi connectivity index (χ0v) is 18.0. The van der Waals surface area contributed by atoms with E-state index in [1.165, 1.54) is 0 Å². The van der Waals surface area contributed by atoms with Gasteiger partial charge in [0, 0.05) is 0 Å². The molecule has 0 aliphatic carbocycles. The fraction of sp³-hybridized carbons (Fsp3) is 0.450. The molecule has 1 aliphatic rings. The summed E-state index contributed by atoms with van der Waals surface area (Å²) in [5.74, 6) is -5.40. The molecule has 1 fully saturated rings. The molecule has 0 unspecified atom stereocenters. The van der Waals surface area contributed by atoms with Gasteiger partial charge in [-0.15, -0.1) is 5.06 Å². The maximum Gasteiger partial charge on any atom is 0.353 e. The Morgan fingerprint density at radius 2 is 2.06 bits per heavy atom. The van der Waals surface area contributed by atoms with Gasteiger partial charge in [-0.25, -0.2) is 23.5 Å². The summed E-state index contributed by atoms with van der Waals surface area (Å²) in [7, 11) is 0. The minimum Gasteiger partial charge on any atom is -0.459 e. The smallest absolute Gasteiger partial charge is 0.353 e. The van der Waals surface area contributed by atoms with Crippen LogP contribution in [-0.2, 0) is 21.9 Å². The van der Waals surface area contributed by atoms with Gasteiger partial charge in [0.05, 0.1) is 19.3 Å². The van der Waals surface area contributed by atoms with Gasteiger partial charge in [0.15, 0.2) is 0 Å². The first-order valence-electron chi connectivity index (χ1n) is 10.1. The van der Waals surface area contributed by atoms with Crippen molar-refractivity contribution in [2.75, 3.05) is 25.6 Å². The fourth-order valence-corrected chi connectivity index (χ4v) is 3.68. The van der Waals surface area contributed by atoms with E-state index >= 15 is 0 Å². The van der Waals surface area contributed by atoms with Crippen LogP contribution in [-0.4, -0.2) is 84.0 Å². The highest BCUT2D eigenvalue weighted by atomic mass is 19.1. The monoisotopic (exact) mass is 484 g/mol. The molecule has 4 atom stereocenters. The summed E-state index contributed by atoms with van der Waals surface area (Å²) in [5, 5.41) is 54.0. The Hall–Kier alpha value is -2.98. The second-order valence-electron chi connectivity index (χ2n) is 7.60. The SMILES string of the molecule is Cc1ccccc1CN(O)[C@@]1(O)[C@H](O)[C@@H](CO)O[C@]1(O)n1c(N)c(C(=O)OCCF)cnc1=O. The number of esters is 1. The number of aromatic nitrogens is 2. The first-order chi connectivity index (χ1) is 16.0. The average Bonchev–Trinajstić information content (AvgIpc) is 3.01. The number of ether oxygens (including phenoxy) is 2. The lowest BCUT2D eigenvalue weighted by Gasteiger charge is -2.42. The lowest BCUT2D eigenvalue weighted by atomic mass is 9.99. The number of nitrogens with two attached hydrogens (primary N) is 1. The average molecular weight is 484 g/mol. The molecule has 2 aromatic rings. The third kappa shape index (κ3) is 4.05. The number of hydrogen-bond donors (Lipinski definition) is 6. The lowest BCUT2D eigenvalue weighted by Crippen LogP contribution is -2.68. The molecule has 1 aromatic carbocycles. The van der Waals surface area contributed by atoms with Gasteiger partial charge in [0.1, 0.15) is 36.9 Å². The molecule has 2 heterocycles. The van der Waals surface area contributed by atoms with E-state index in [1.54, 1.807) is 31.2 Å². The van der Waals surface area contributed by atoms with Crippen molar-refractivity contribution < 1.29 is 44.3 Å². The van der Waals surface area contributed by atoms with Crippen molar-refractivity contribution in [2.45, 2.75) is 37.3 Å². The molecule has 1 aromatic heterocycles. The third-order valence-electron chi connectivity index (χ3n) is 5.56. The topological polar surface area (TPSA) is 201 Å². The summed E-state index contributed by atoms with van der Waals surface area (Å²) in [4.78, 5) is 28.2. The Kier molecular flexibility index (Phi) is 7.32. The van der Waals surface area contributed by atoms with Gasteiger partial charge < -0.3 is 40.8 Å². The maximum absolute atomic E-state index is 12.6. The zero-order chi connectivity index (χ0) is 25.3. The van der Waals surface area contributed by atoms with Crippen molar-refractivity contribution in [2.24, 2.45) is 0 Å². The molecule has 0 bridgehead atoms. The highest BCUT2D eigenvalue weighted by molar-refractivity contribution is 5.93. The number of nitrogens with zero attached hydrogens (tertiary/aromatic N) is 3. The molecular formula is C20H25FN4O9. The molecule has 0 amide bonds. The number of carbonyl (C=O) groups is 1. The normalized spacial score (nSPS) is 26.7. The van der Waals surface area contributed by atoms with E-state index in [4.69, 9.17) is 10.5 Å². The number of hydroxylamine groups is 2. The summed E-state index contributed by atoms with van der Waals surface area (Å²) in [5.41, 5.74) is 1.87. The molecule has 7 N–H and O–H groups in total. The first-order valence-corrected chi connectivity index (χ1v) is 10.1. The molecule has 186 valence electrons. The summed E-state index contributed by atoms with van der Waals surface area (Å²) in [6, 6.07) is 6.66. The predicted octanol–water partition coefficient (Wildman–Crippen LogP) is -1.81. The van der Waals surface area contributed by atoms with Crippen LogP contribution in [0.15, 0.2) is 35.3 Å². The quantitative estimate of drug-likeness (QED) is 0.140. The number of nitrogen functional groups attached to an aromatic ring is 1. The van der Waals surface area contributed by atoms with Gasteiger partial charge in [0.25, 0.3) is 0 Å². The van der Waals surface area contributed by atoms with Crippen LogP contribution < -0.4 is 11.4 Å². The minimum atomic E-state index is -3.36. The number of aliphatic hydroxyl groups is 4. The number of anilines is 1. The molecule has 0 saturated carbocycles. The summed E-state index contributed by atoms with van der Waals surface area (Å²) < 4.78 is 22.3. The number of hydrogen-bond acceptors (Lipinski definition) is 12. The standard InChI is InChI=1S/C20H25FN4O9/c1-11-4-2-3-5-12(11)9-24(32)19(30)15(27)14(10-26)34-20(19,31)25-16(22)13(8-23-18(25)29)17(28)33-7-6-21/h2-5,8,14-15,26-27,30-32H,6-7,9-10,22H2,1H3/t14-,15-,19-,20+/m1/s1. The van der Waals surface area contributed by atoms with Gasteiger partial charge in [0.2, 0.25) is 5.72 Å². The van der Waals surface area contributed by atoms with Crippen LogP contribution in [0.4, 0.5) is 10.2 Å². The maximum atomic E-state index is 12.6. The van der Waals surface area contributed by atoms with Crippen LogP contribution >= 0.6 is 0 Å². The number of aliphatic hydroxyl groups excluding tert-OH is 2. The largest absolute Gasteiger partial charge is 0.459 e. The van der Waals surface area contributed by atoms with Crippen LogP contribution in [0.1, 0.15) is 21.5 Å². The van der Waals surface area contributed by atoms with E-state index < -0.39 is 73.3 Å². The van der Waals surface area contributed by atoms with Crippen molar-refractivity contribution in [3.8, 4) is 0 Å². The van der Waals surface area contributed by atoms with E-state index in [-0.39, 0.29) is 9.63 Å². The van der Waals surface area contributed by atoms with E-state index in [0.29, 0.717) is 17.3 Å². The van der Waals surface area contributed by atoms with Crippen molar-refractivity contribution in [3.05, 3.63) is 57.6 Å². The number of carbonyl (C=O) groups excluding carboxylic acids is 1. The molecular weight excluding hydrogens is 459 g/mol. The summed E-state index contributed by atoms with van der Waals surface area (Å²) in [6.07, 6.45) is -3.20. The number of halogens is 1. The van der Waals surface area contributed by atoms with Gasteiger partial charge in [-0.3, -0.25) is 0 Å². The molecule has 1 aliphatic heterocycles. The van der Waals surface area contributed by atoms with E-state index in [2.05, 4.69) is 9.72 Å². The molecule has 13 nitrogen and oxygen atoms in total. The number of aryl methyl sites for hydroxylation is 1. The third-order valence-corrected chi connectivity index (χ3v) is 5.56.